The predicted octanol–water partition coefficient (Wildman–Crippen LogP) is 2.86. The van der Waals surface area contributed by atoms with E-state index in [1.54, 1.807) is 0 Å². The molecule has 0 aromatic heterocycles. The van der Waals surface area contributed by atoms with Crippen LogP contribution in [0.15, 0.2) is 12.1 Å². The number of non-ortho nitro benzene ring substituents is 1. The average molecular weight is 292 g/mol. The number of halogens is 2. The van der Waals surface area contributed by atoms with Crippen molar-refractivity contribution in [1.82, 2.24) is 0 Å². The summed E-state index contributed by atoms with van der Waals surface area (Å²) in [5, 5.41) is 20.0. The molecule has 0 radical (unpaired) electrons. The number of nitrogens with zero attached hydrogens (tertiary/aromatic N) is 1. The lowest BCUT2D eigenvalue weighted by Gasteiger charge is -2.10. The van der Waals surface area contributed by atoms with Crippen molar-refractivity contribution in [3.8, 4) is 0 Å². The van der Waals surface area contributed by atoms with Crippen molar-refractivity contribution >= 4 is 34.9 Å². The van der Waals surface area contributed by atoms with Gasteiger partial charge in [0.2, 0.25) is 0 Å². The Morgan fingerprint density at radius 1 is 1.22 bits per heavy atom. The number of nitro benzene ring substituents is 1. The summed E-state index contributed by atoms with van der Waals surface area (Å²) in [6.45, 7) is 0. The number of aryl methyl sites for hydroxylation is 2. The predicted molar refractivity (Wildman–Crippen MR) is 68.9 cm³/mol. The molecule has 0 bridgehead atoms. The minimum Gasteiger partial charge on any atom is -0.478 e. The molecule has 0 saturated carbocycles. The summed E-state index contributed by atoms with van der Waals surface area (Å²) >= 11 is 11.2. The van der Waals surface area contributed by atoms with Gasteiger partial charge in [-0.1, -0.05) is 0 Å². The number of carboxylic acids is 1. The number of hydrogen-bond acceptors (Lipinski definition) is 3. The number of carbonyl (C=O) groups is 1. The van der Waals surface area contributed by atoms with Crippen LogP contribution in [-0.4, -0.2) is 27.8 Å². The van der Waals surface area contributed by atoms with Crippen LogP contribution in [0, 0.1) is 10.1 Å². The zero-order valence-corrected chi connectivity index (χ0v) is 10.9. The molecule has 1 aromatic carbocycles. The number of rotatable bonds is 6. The second-order valence-electron chi connectivity index (χ2n) is 3.58. The minimum absolute atomic E-state index is 0.0712. The SMILES string of the molecule is O=C(O)c1c(CCCl)cc([N+](=O)[O-])cc1CCCl. The van der Waals surface area contributed by atoms with Gasteiger partial charge in [0.05, 0.1) is 10.5 Å². The van der Waals surface area contributed by atoms with Crippen LogP contribution in [0.3, 0.4) is 0 Å². The van der Waals surface area contributed by atoms with Crippen LogP contribution < -0.4 is 0 Å². The number of carboxylic acid groups (broad SMARTS) is 1. The zero-order chi connectivity index (χ0) is 13.7. The molecule has 1 N–H and O–H groups in total. The molecule has 0 amide bonds. The minimum atomic E-state index is -1.12. The fraction of sp³-hybridized carbons (Fsp3) is 0.364. The lowest BCUT2D eigenvalue weighted by atomic mass is 9.96. The third kappa shape index (κ3) is 3.34. The first-order valence-electron chi connectivity index (χ1n) is 5.16. The quantitative estimate of drug-likeness (QED) is 0.496. The van der Waals surface area contributed by atoms with Gasteiger partial charge >= 0.3 is 5.97 Å². The summed E-state index contributed by atoms with van der Waals surface area (Å²) in [5.74, 6) is -0.728. The Labute approximate surface area is 113 Å². The maximum Gasteiger partial charge on any atom is 0.336 e. The average Bonchev–Trinajstić information content (AvgIpc) is 2.28. The van der Waals surface area contributed by atoms with Crippen molar-refractivity contribution in [2.45, 2.75) is 12.8 Å². The third-order valence-electron chi connectivity index (χ3n) is 2.44. The highest BCUT2D eigenvalue weighted by molar-refractivity contribution is 6.18. The van der Waals surface area contributed by atoms with Crippen molar-refractivity contribution in [3.05, 3.63) is 38.9 Å². The molecule has 0 aliphatic heterocycles. The first-order chi connectivity index (χ1) is 8.51. The fourth-order valence-electron chi connectivity index (χ4n) is 1.73. The maximum absolute atomic E-state index is 11.2. The molecule has 0 spiro atoms. The molecular formula is C11H11Cl2NO4. The van der Waals surface area contributed by atoms with Crippen LogP contribution in [0.25, 0.3) is 0 Å². The molecule has 0 fully saturated rings. The van der Waals surface area contributed by atoms with Gasteiger partial charge in [0.1, 0.15) is 0 Å². The monoisotopic (exact) mass is 291 g/mol. The third-order valence-corrected chi connectivity index (χ3v) is 2.82. The number of alkyl halides is 2. The van der Waals surface area contributed by atoms with E-state index in [2.05, 4.69) is 0 Å². The van der Waals surface area contributed by atoms with Crippen molar-refractivity contribution in [2.75, 3.05) is 11.8 Å². The zero-order valence-electron chi connectivity index (χ0n) is 9.36. The van der Waals surface area contributed by atoms with E-state index in [9.17, 15) is 20.0 Å². The van der Waals surface area contributed by atoms with E-state index >= 15 is 0 Å². The van der Waals surface area contributed by atoms with Crippen LogP contribution >= 0.6 is 23.2 Å². The summed E-state index contributed by atoms with van der Waals surface area (Å²) in [5.41, 5.74) is 0.667. The summed E-state index contributed by atoms with van der Waals surface area (Å²) in [4.78, 5) is 21.5. The summed E-state index contributed by atoms with van der Waals surface area (Å²) in [7, 11) is 0. The molecule has 5 nitrogen and oxygen atoms in total. The van der Waals surface area contributed by atoms with E-state index < -0.39 is 10.9 Å². The largest absolute Gasteiger partial charge is 0.478 e. The molecule has 0 heterocycles. The van der Waals surface area contributed by atoms with Crippen LogP contribution in [-0.2, 0) is 12.8 Å². The molecule has 0 aliphatic carbocycles. The smallest absolute Gasteiger partial charge is 0.336 e. The van der Waals surface area contributed by atoms with Crippen molar-refractivity contribution in [3.63, 3.8) is 0 Å². The van der Waals surface area contributed by atoms with E-state index in [4.69, 9.17) is 23.2 Å². The number of nitro groups is 1. The number of aromatic carboxylic acids is 1. The van der Waals surface area contributed by atoms with E-state index in [0.717, 1.165) is 0 Å². The van der Waals surface area contributed by atoms with Crippen molar-refractivity contribution in [1.29, 1.82) is 0 Å². The molecule has 98 valence electrons. The lowest BCUT2D eigenvalue weighted by molar-refractivity contribution is -0.385. The Hall–Kier alpha value is -1.33. The Morgan fingerprint density at radius 3 is 1.94 bits per heavy atom. The Balaban J connectivity index is 3.43. The van der Waals surface area contributed by atoms with Crippen LogP contribution in [0.5, 0.6) is 0 Å². The molecular weight excluding hydrogens is 281 g/mol. The fourth-order valence-corrected chi connectivity index (χ4v) is 2.13. The Morgan fingerprint density at radius 2 is 1.67 bits per heavy atom. The first kappa shape index (κ1) is 14.7. The highest BCUT2D eigenvalue weighted by atomic mass is 35.5. The van der Waals surface area contributed by atoms with E-state index in [1.807, 2.05) is 0 Å². The summed E-state index contributed by atoms with van der Waals surface area (Å²) < 4.78 is 0. The van der Waals surface area contributed by atoms with Crippen LogP contribution in [0.1, 0.15) is 21.5 Å². The first-order valence-corrected chi connectivity index (χ1v) is 6.23. The Kier molecular flexibility index (Phi) is 5.37. The normalized spacial score (nSPS) is 10.3. The van der Waals surface area contributed by atoms with Crippen molar-refractivity contribution < 1.29 is 14.8 Å². The number of hydrogen-bond donors (Lipinski definition) is 1. The highest BCUT2D eigenvalue weighted by Crippen LogP contribution is 2.24. The highest BCUT2D eigenvalue weighted by Gasteiger charge is 2.20. The van der Waals surface area contributed by atoms with Gasteiger partial charge in [0, 0.05) is 23.9 Å². The van der Waals surface area contributed by atoms with Crippen molar-refractivity contribution in [2.24, 2.45) is 0 Å². The Bertz CT molecular complexity index is 449. The molecule has 0 atom stereocenters. The second kappa shape index (κ2) is 6.56. The molecule has 1 rings (SSSR count). The lowest BCUT2D eigenvalue weighted by Crippen LogP contribution is -2.10. The topological polar surface area (TPSA) is 80.4 Å². The van der Waals surface area contributed by atoms with Gasteiger partial charge in [-0.3, -0.25) is 10.1 Å². The maximum atomic E-state index is 11.2. The van der Waals surface area contributed by atoms with E-state index in [1.165, 1.54) is 12.1 Å². The van der Waals surface area contributed by atoms with E-state index in [0.29, 0.717) is 11.1 Å². The summed E-state index contributed by atoms with van der Waals surface area (Å²) in [6, 6.07) is 2.51. The van der Waals surface area contributed by atoms with Gasteiger partial charge in [-0.05, 0) is 24.0 Å². The van der Waals surface area contributed by atoms with Crippen LogP contribution in [0.2, 0.25) is 0 Å². The second-order valence-corrected chi connectivity index (χ2v) is 4.34. The van der Waals surface area contributed by atoms with Gasteiger partial charge in [-0.25, -0.2) is 4.79 Å². The molecule has 0 unspecified atom stereocenters. The molecule has 18 heavy (non-hydrogen) atoms. The van der Waals surface area contributed by atoms with E-state index in [-0.39, 0.29) is 35.9 Å². The van der Waals surface area contributed by atoms with Gasteiger partial charge in [-0.15, -0.1) is 23.2 Å². The van der Waals surface area contributed by atoms with Gasteiger partial charge < -0.3 is 5.11 Å². The van der Waals surface area contributed by atoms with Gasteiger partial charge in [0.15, 0.2) is 0 Å². The number of benzene rings is 1. The molecule has 0 saturated heterocycles. The van der Waals surface area contributed by atoms with Gasteiger partial charge in [0.25, 0.3) is 5.69 Å². The standard InChI is InChI=1S/C11H11Cl2NO4/c12-3-1-7-5-9(14(17)18)6-8(2-4-13)10(7)11(15)16/h5-6H,1-4H2,(H,15,16). The summed E-state index contributed by atoms with van der Waals surface area (Å²) in [6.07, 6.45) is 0.528. The van der Waals surface area contributed by atoms with Crippen LogP contribution in [0.4, 0.5) is 5.69 Å². The molecule has 1 aromatic rings. The van der Waals surface area contributed by atoms with Gasteiger partial charge in [-0.2, -0.15) is 0 Å². The molecule has 7 heteroatoms. The molecule has 0 aliphatic rings.